The van der Waals surface area contributed by atoms with E-state index in [0.717, 1.165) is 0 Å². The number of carboxylic acid groups (broad SMARTS) is 4. The number of carbonyl (C=O) groups is 4. The molecule has 0 spiro atoms. The van der Waals surface area contributed by atoms with Crippen molar-refractivity contribution in [2.24, 2.45) is 5.73 Å². The van der Waals surface area contributed by atoms with Gasteiger partial charge in [-0.25, -0.2) is 4.79 Å². The molecule has 5 N–H and O–H groups in total. The van der Waals surface area contributed by atoms with Crippen molar-refractivity contribution in [1.29, 1.82) is 0 Å². The Morgan fingerprint density at radius 2 is 1.37 bits per heavy atom. The predicted molar refractivity (Wildman–Crippen MR) is 48.5 cm³/mol. The molecular weight excluding hydrogens is 318 g/mol. The third-order valence-electron chi connectivity index (χ3n) is 1.45. The fourth-order valence-corrected chi connectivity index (χ4v) is 0.703. The number of carbonyl (C=O) groups excluding carboxylic acids is 2. The summed E-state index contributed by atoms with van der Waals surface area (Å²) in [6.07, 6.45) is -2.44. The SMILES string of the molecule is NCC(=O)[O-].O=C([O-])CC(O)(CC(=O)O)C(=O)O.[Cu+2]. The second kappa shape index (κ2) is 10.3. The van der Waals surface area contributed by atoms with Crippen molar-refractivity contribution >= 4 is 23.9 Å². The van der Waals surface area contributed by atoms with Gasteiger partial charge in [0.05, 0.1) is 12.4 Å². The van der Waals surface area contributed by atoms with Crippen molar-refractivity contribution in [2.45, 2.75) is 18.4 Å². The van der Waals surface area contributed by atoms with E-state index in [1.807, 2.05) is 0 Å². The van der Waals surface area contributed by atoms with Gasteiger partial charge in [-0.05, 0) is 0 Å². The van der Waals surface area contributed by atoms with Gasteiger partial charge in [0.1, 0.15) is 0 Å². The summed E-state index contributed by atoms with van der Waals surface area (Å²) >= 11 is 0. The van der Waals surface area contributed by atoms with Crippen LogP contribution in [-0.4, -0.2) is 51.3 Å². The standard InChI is InChI=1S/C6H8O7.C2H5NO2.Cu/c7-3(8)1-6(13,5(11)12)2-4(9)10;3-1-2(4)5;/h13H,1-2H2,(H,7,8)(H,9,10)(H,11,12);1,3H2,(H,4,5);/q;;+2/p-2. The summed E-state index contributed by atoms with van der Waals surface area (Å²) in [5, 5.41) is 44.6. The van der Waals surface area contributed by atoms with Gasteiger partial charge in [0.15, 0.2) is 5.60 Å². The summed E-state index contributed by atoms with van der Waals surface area (Å²) in [4.78, 5) is 39.5. The summed E-state index contributed by atoms with van der Waals surface area (Å²) in [7, 11) is 0. The number of carboxylic acids is 4. The molecule has 0 aliphatic carbocycles. The van der Waals surface area contributed by atoms with E-state index in [-0.39, 0.29) is 23.6 Å². The number of hydrogen-bond donors (Lipinski definition) is 4. The monoisotopic (exact) mass is 328 g/mol. The van der Waals surface area contributed by atoms with Crippen molar-refractivity contribution in [1.82, 2.24) is 0 Å². The van der Waals surface area contributed by atoms with E-state index in [0.29, 0.717) is 0 Å². The maximum atomic E-state index is 10.3. The number of nitrogens with two attached hydrogens (primary N) is 1. The molecule has 1 atom stereocenters. The average Bonchev–Trinajstić information content (AvgIpc) is 2.15. The summed E-state index contributed by atoms with van der Waals surface area (Å²) in [6, 6.07) is 0. The average molecular weight is 329 g/mol. The minimum atomic E-state index is -2.80. The van der Waals surface area contributed by atoms with E-state index in [1.165, 1.54) is 0 Å². The Labute approximate surface area is 117 Å². The summed E-state index contributed by atoms with van der Waals surface area (Å²) < 4.78 is 0. The van der Waals surface area contributed by atoms with Crippen LogP contribution < -0.4 is 15.9 Å². The van der Waals surface area contributed by atoms with Crippen LogP contribution in [-0.2, 0) is 36.2 Å². The molecule has 0 aromatic rings. The first-order valence-corrected chi connectivity index (χ1v) is 4.32. The van der Waals surface area contributed by atoms with E-state index < -0.39 is 42.3 Å². The maximum absolute atomic E-state index is 10.3. The molecule has 113 valence electrons. The van der Waals surface area contributed by atoms with Crippen LogP contribution in [0.5, 0.6) is 0 Å². The van der Waals surface area contributed by atoms with Crippen molar-refractivity contribution in [3.63, 3.8) is 0 Å². The van der Waals surface area contributed by atoms with Crippen molar-refractivity contribution in [3.8, 4) is 0 Å². The van der Waals surface area contributed by atoms with Gasteiger partial charge in [0, 0.05) is 18.9 Å². The van der Waals surface area contributed by atoms with Crippen molar-refractivity contribution in [2.75, 3.05) is 6.54 Å². The molecule has 1 unspecified atom stereocenters. The molecule has 0 aliphatic rings. The summed E-state index contributed by atoms with van der Waals surface area (Å²) in [5.74, 6) is -6.55. The van der Waals surface area contributed by atoms with E-state index in [4.69, 9.17) is 25.2 Å². The Hall–Kier alpha value is -1.68. The smallest absolute Gasteiger partial charge is 0.550 e. The maximum Gasteiger partial charge on any atom is 2.00 e. The Morgan fingerprint density at radius 3 is 1.53 bits per heavy atom. The first-order valence-electron chi connectivity index (χ1n) is 4.32. The zero-order valence-corrected chi connectivity index (χ0v) is 10.2. The molecular formula is C8H11CuNO9. The second-order valence-electron chi connectivity index (χ2n) is 3.03. The van der Waals surface area contributed by atoms with Gasteiger partial charge in [-0.1, -0.05) is 0 Å². The normalized spacial score (nSPS) is 11.9. The molecule has 0 aromatic carbocycles. The fraction of sp³-hybridized carbons (Fsp3) is 0.500. The third kappa shape index (κ3) is 12.6. The Morgan fingerprint density at radius 1 is 1.00 bits per heavy atom. The van der Waals surface area contributed by atoms with Crippen molar-refractivity contribution in [3.05, 3.63) is 0 Å². The molecule has 19 heavy (non-hydrogen) atoms. The third-order valence-corrected chi connectivity index (χ3v) is 1.45. The Kier molecular flexibility index (Phi) is 12.1. The first kappa shape index (κ1) is 22.5. The molecule has 1 radical (unpaired) electrons. The molecule has 0 rings (SSSR count). The zero-order valence-electron chi connectivity index (χ0n) is 9.29. The molecule has 0 saturated carbocycles. The topological polar surface area (TPSA) is 201 Å². The number of aliphatic hydroxyl groups is 1. The van der Waals surface area contributed by atoms with Crippen LogP contribution in [0.25, 0.3) is 0 Å². The molecule has 0 bridgehead atoms. The van der Waals surface area contributed by atoms with Crippen LogP contribution in [0.15, 0.2) is 0 Å². The van der Waals surface area contributed by atoms with Crippen LogP contribution in [0.4, 0.5) is 0 Å². The number of rotatable bonds is 6. The largest absolute Gasteiger partial charge is 2.00 e. The summed E-state index contributed by atoms with van der Waals surface area (Å²) in [6.45, 7) is -0.389. The second-order valence-corrected chi connectivity index (χ2v) is 3.03. The molecule has 0 heterocycles. The number of hydrogen-bond acceptors (Lipinski definition) is 8. The predicted octanol–water partition coefficient (Wildman–Crippen LogP) is -4.89. The van der Waals surface area contributed by atoms with Crippen LogP contribution >= 0.6 is 0 Å². The first-order chi connectivity index (χ1) is 8.05. The van der Waals surface area contributed by atoms with Gasteiger partial charge in [-0.15, -0.1) is 0 Å². The van der Waals surface area contributed by atoms with E-state index >= 15 is 0 Å². The molecule has 0 aromatic heterocycles. The van der Waals surface area contributed by atoms with Gasteiger partial charge in [0.2, 0.25) is 0 Å². The fourth-order valence-electron chi connectivity index (χ4n) is 0.703. The minimum absolute atomic E-state index is 0. The van der Waals surface area contributed by atoms with Crippen LogP contribution in [0, 0.1) is 0 Å². The molecule has 0 amide bonds. The summed E-state index contributed by atoms with van der Waals surface area (Å²) in [5.41, 5.74) is 1.71. The van der Waals surface area contributed by atoms with Crippen molar-refractivity contribution < 1.29 is 61.8 Å². The minimum Gasteiger partial charge on any atom is -0.550 e. The molecule has 10 nitrogen and oxygen atoms in total. The van der Waals surface area contributed by atoms with Gasteiger partial charge in [0.25, 0.3) is 0 Å². The molecule has 0 saturated heterocycles. The number of aliphatic carboxylic acids is 4. The quantitative estimate of drug-likeness (QED) is 0.342. The zero-order chi connectivity index (χ0) is 14.9. The van der Waals surface area contributed by atoms with Crippen LogP contribution in [0.3, 0.4) is 0 Å². The molecule has 0 fully saturated rings. The van der Waals surface area contributed by atoms with Crippen LogP contribution in [0.2, 0.25) is 0 Å². The Balaban J connectivity index is -0.000000366. The van der Waals surface area contributed by atoms with Gasteiger partial charge < -0.3 is 40.9 Å². The Bertz CT molecular complexity index is 327. The molecule has 0 aliphatic heterocycles. The van der Waals surface area contributed by atoms with Crippen LogP contribution in [0.1, 0.15) is 12.8 Å². The van der Waals surface area contributed by atoms with E-state index in [2.05, 4.69) is 5.73 Å². The van der Waals surface area contributed by atoms with Gasteiger partial charge >= 0.3 is 29.0 Å². The molecule has 11 heteroatoms. The van der Waals surface area contributed by atoms with E-state index in [9.17, 15) is 19.5 Å². The van der Waals surface area contributed by atoms with Gasteiger partial charge in [-0.3, -0.25) is 4.79 Å². The van der Waals surface area contributed by atoms with Gasteiger partial charge in [-0.2, -0.15) is 0 Å². The van der Waals surface area contributed by atoms with E-state index in [1.54, 1.807) is 0 Å².